The van der Waals surface area contributed by atoms with Crippen molar-refractivity contribution in [3.05, 3.63) is 98.0 Å². The molecule has 1 unspecified atom stereocenters. The molecule has 0 radical (unpaired) electrons. The summed E-state index contributed by atoms with van der Waals surface area (Å²) in [7, 11) is 0. The van der Waals surface area contributed by atoms with Crippen LogP contribution in [0, 0.1) is 6.92 Å². The summed E-state index contributed by atoms with van der Waals surface area (Å²) in [5, 5.41) is 16.2. The first-order valence-electron chi connectivity index (χ1n) is 9.81. The van der Waals surface area contributed by atoms with E-state index in [4.69, 9.17) is 34.8 Å². The van der Waals surface area contributed by atoms with E-state index >= 15 is 0 Å². The van der Waals surface area contributed by atoms with Gasteiger partial charge in [-0.2, -0.15) is 0 Å². The zero-order valence-corrected chi connectivity index (χ0v) is 19.4. The number of nitrogens with one attached hydrogen (secondary N) is 2. The van der Waals surface area contributed by atoms with Gasteiger partial charge < -0.3 is 15.7 Å². The van der Waals surface area contributed by atoms with Crippen LogP contribution in [0.3, 0.4) is 0 Å². The molecule has 3 N–H and O–H groups in total. The Hall–Kier alpha value is -2.57. The maximum atomic E-state index is 12.6. The molecule has 2 amide bonds. The van der Waals surface area contributed by atoms with Crippen LogP contribution in [0.15, 0.2) is 60.7 Å². The number of halogens is 3. The number of aryl methyl sites for hydroxylation is 1. The highest BCUT2D eigenvalue weighted by Gasteiger charge is 2.18. The largest absolute Gasteiger partial charge is 0.394 e. The fraction of sp³-hybridized carbons (Fsp3) is 0.167. The molecular weight excluding hydrogens is 471 g/mol. The number of anilines is 1. The van der Waals surface area contributed by atoms with E-state index in [9.17, 15) is 14.7 Å². The monoisotopic (exact) mass is 490 g/mol. The average molecular weight is 492 g/mol. The van der Waals surface area contributed by atoms with Crippen molar-refractivity contribution in [2.24, 2.45) is 0 Å². The number of carbonyl (C=O) groups excluding carboxylic acids is 2. The van der Waals surface area contributed by atoms with Gasteiger partial charge in [-0.15, -0.1) is 0 Å². The highest BCUT2D eigenvalue weighted by Crippen LogP contribution is 2.25. The molecule has 3 aromatic carbocycles. The van der Waals surface area contributed by atoms with Crippen molar-refractivity contribution in [2.75, 3.05) is 11.9 Å². The van der Waals surface area contributed by atoms with Crippen LogP contribution in [0.2, 0.25) is 15.1 Å². The Morgan fingerprint density at radius 3 is 1.97 bits per heavy atom. The van der Waals surface area contributed by atoms with Crippen molar-refractivity contribution in [3.63, 3.8) is 0 Å². The number of carbonyl (C=O) groups is 2. The minimum Gasteiger partial charge on any atom is -0.394 e. The normalized spacial score (nSPS) is 11.7. The van der Waals surface area contributed by atoms with Gasteiger partial charge in [-0.25, -0.2) is 0 Å². The van der Waals surface area contributed by atoms with Gasteiger partial charge in [0.15, 0.2) is 0 Å². The number of amides is 2. The van der Waals surface area contributed by atoms with Crippen LogP contribution in [-0.2, 0) is 6.42 Å². The van der Waals surface area contributed by atoms with E-state index < -0.39 is 11.9 Å². The molecule has 0 aromatic heterocycles. The number of benzene rings is 3. The van der Waals surface area contributed by atoms with Gasteiger partial charge in [0, 0.05) is 5.69 Å². The number of rotatable bonds is 7. The summed E-state index contributed by atoms with van der Waals surface area (Å²) in [4.78, 5) is 25.1. The summed E-state index contributed by atoms with van der Waals surface area (Å²) < 4.78 is 0. The average Bonchev–Trinajstić information content (AvgIpc) is 2.74. The smallest absolute Gasteiger partial charge is 0.258 e. The molecule has 0 spiro atoms. The molecule has 166 valence electrons. The van der Waals surface area contributed by atoms with E-state index in [1.807, 2.05) is 0 Å². The van der Waals surface area contributed by atoms with Crippen molar-refractivity contribution in [2.45, 2.75) is 19.4 Å². The first-order chi connectivity index (χ1) is 15.3. The van der Waals surface area contributed by atoms with Crippen LogP contribution < -0.4 is 10.6 Å². The Balaban J connectivity index is 1.65. The number of aliphatic hydroxyl groups is 1. The molecule has 8 heteroatoms. The first kappa shape index (κ1) is 24.1. The zero-order chi connectivity index (χ0) is 23.3. The van der Waals surface area contributed by atoms with Crippen molar-refractivity contribution in [1.29, 1.82) is 0 Å². The standard InChI is InChI=1S/C24H21Cl3N2O3/c1-14-4-2-5-18(25)21(14)23(31)29-17(13-30)12-15-8-10-16(11-9-15)28-24(32)22-19(26)6-3-7-20(22)27/h2-11,17,30H,12-13H2,1H3,(H,28,32)(H,29,31). The van der Waals surface area contributed by atoms with E-state index in [2.05, 4.69) is 10.6 Å². The minimum absolute atomic E-state index is 0.206. The molecule has 32 heavy (non-hydrogen) atoms. The van der Waals surface area contributed by atoms with Gasteiger partial charge in [-0.1, -0.05) is 65.1 Å². The van der Waals surface area contributed by atoms with Crippen LogP contribution in [0.4, 0.5) is 5.69 Å². The molecule has 0 aliphatic heterocycles. The highest BCUT2D eigenvalue weighted by atomic mass is 35.5. The minimum atomic E-state index is -0.499. The van der Waals surface area contributed by atoms with Crippen LogP contribution in [0.1, 0.15) is 31.8 Å². The molecule has 0 aliphatic carbocycles. The second-order valence-electron chi connectivity index (χ2n) is 7.24. The van der Waals surface area contributed by atoms with Gasteiger partial charge in [0.2, 0.25) is 0 Å². The molecule has 5 nitrogen and oxygen atoms in total. The summed E-state index contributed by atoms with van der Waals surface area (Å²) in [5.41, 5.74) is 2.78. The SMILES string of the molecule is Cc1cccc(Cl)c1C(=O)NC(CO)Cc1ccc(NC(=O)c2c(Cl)cccc2Cl)cc1. The molecule has 3 rings (SSSR count). The molecule has 0 fully saturated rings. The fourth-order valence-electron chi connectivity index (χ4n) is 3.26. The van der Waals surface area contributed by atoms with E-state index in [1.165, 1.54) is 0 Å². The lowest BCUT2D eigenvalue weighted by molar-refractivity contribution is 0.0915. The van der Waals surface area contributed by atoms with E-state index in [1.54, 1.807) is 67.6 Å². The summed E-state index contributed by atoms with van der Waals surface area (Å²) in [5.74, 6) is -0.753. The summed E-state index contributed by atoms with van der Waals surface area (Å²) in [6.07, 6.45) is 0.399. The van der Waals surface area contributed by atoms with Gasteiger partial charge in [0.25, 0.3) is 11.8 Å². The van der Waals surface area contributed by atoms with Crippen molar-refractivity contribution < 1.29 is 14.7 Å². The van der Waals surface area contributed by atoms with E-state index in [0.29, 0.717) is 22.7 Å². The zero-order valence-electron chi connectivity index (χ0n) is 17.2. The van der Waals surface area contributed by atoms with Gasteiger partial charge in [-0.3, -0.25) is 9.59 Å². The lowest BCUT2D eigenvalue weighted by Crippen LogP contribution is -2.39. The summed E-state index contributed by atoms with van der Waals surface area (Å²) in [6.45, 7) is 1.57. The maximum absolute atomic E-state index is 12.6. The molecule has 0 bridgehead atoms. The maximum Gasteiger partial charge on any atom is 0.258 e. The molecule has 0 saturated heterocycles. The topological polar surface area (TPSA) is 78.4 Å². The van der Waals surface area contributed by atoms with Crippen LogP contribution >= 0.6 is 34.8 Å². The predicted octanol–water partition coefficient (Wildman–Crippen LogP) is 5.54. The first-order valence-corrected chi connectivity index (χ1v) is 10.9. The Labute approximate surface area is 201 Å². The Kier molecular flexibility index (Phi) is 8.15. The van der Waals surface area contributed by atoms with Gasteiger partial charge in [0.05, 0.1) is 38.8 Å². The number of aliphatic hydroxyl groups excluding tert-OH is 1. The fourth-order valence-corrected chi connectivity index (χ4v) is 4.13. The predicted molar refractivity (Wildman–Crippen MR) is 129 cm³/mol. The lowest BCUT2D eigenvalue weighted by atomic mass is 10.0. The highest BCUT2D eigenvalue weighted by molar-refractivity contribution is 6.40. The summed E-state index contributed by atoms with van der Waals surface area (Å²) in [6, 6.07) is 16.7. The molecule has 3 aromatic rings. The molecule has 0 aliphatic rings. The van der Waals surface area contributed by atoms with Gasteiger partial charge in [-0.05, 0) is 54.8 Å². The van der Waals surface area contributed by atoms with E-state index in [-0.39, 0.29) is 28.1 Å². The molecule has 0 heterocycles. The summed E-state index contributed by atoms with van der Waals surface area (Å²) >= 11 is 18.3. The third-order valence-electron chi connectivity index (χ3n) is 4.89. The van der Waals surface area contributed by atoms with E-state index in [0.717, 1.165) is 11.1 Å². The van der Waals surface area contributed by atoms with Crippen molar-refractivity contribution in [1.82, 2.24) is 5.32 Å². The van der Waals surface area contributed by atoms with Gasteiger partial charge >= 0.3 is 0 Å². The third-order valence-corrected chi connectivity index (χ3v) is 5.83. The lowest BCUT2D eigenvalue weighted by Gasteiger charge is -2.18. The van der Waals surface area contributed by atoms with Crippen molar-refractivity contribution in [3.8, 4) is 0 Å². The number of hydrogen-bond donors (Lipinski definition) is 3. The van der Waals surface area contributed by atoms with Crippen LogP contribution in [0.5, 0.6) is 0 Å². The Bertz CT molecular complexity index is 1090. The number of hydrogen-bond acceptors (Lipinski definition) is 3. The third kappa shape index (κ3) is 5.81. The second-order valence-corrected chi connectivity index (χ2v) is 8.46. The molecule has 1 atom stereocenters. The van der Waals surface area contributed by atoms with Gasteiger partial charge in [0.1, 0.15) is 0 Å². The van der Waals surface area contributed by atoms with Crippen LogP contribution in [-0.4, -0.2) is 29.6 Å². The molecule has 0 saturated carbocycles. The second kappa shape index (κ2) is 10.8. The Morgan fingerprint density at radius 1 is 0.844 bits per heavy atom. The Morgan fingerprint density at radius 2 is 1.41 bits per heavy atom. The molecular formula is C24H21Cl3N2O3. The van der Waals surface area contributed by atoms with Crippen molar-refractivity contribution >= 4 is 52.3 Å². The quantitative estimate of drug-likeness (QED) is 0.406. The van der Waals surface area contributed by atoms with Crippen LogP contribution in [0.25, 0.3) is 0 Å².